The molecule has 1 aromatic carbocycles. The van der Waals surface area contributed by atoms with E-state index in [1.807, 2.05) is 4.90 Å². The first kappa shape index (κ1) is 13.0. The van der Waals surface area contributed by atoms with Crippen LogP contribution in [0.15, 0.2) is 24.3 Å². The summed E-state index contributed by atoms with van der Waals surface area (Å²) in [6.45, 7) is 0.531. The Morgan fingerprint density at radius 3 is 2.79 bits per heavy atom. The number of nitrogens with one attached hydrogen (secondary N) is 1. The van der Waals surface area contributed by atoms with Crippen LogP contribution in [-0.2, 0) is 21.0 Å². The molecule has 0 aromatic heterocycles. The van der Waals surface area contributed by atoms with E-state index in [1.54, 1.807) is 12.1 Å². The summed E-state index contributed by atoms with van der Waals surface area (Å²) in [5.74, 6) is 0.215. The maximum Gasteiger partial charge on any atom is 0.218 e. The lowest BCUT2D eigenvalue weighted by atomic mass is 10.1. The third kappa shape index (κ3) is 2.50. The molecule has 2 fully saturated rings. The molecule has 0 aliphatic carbocycles. The average molecular weight is 301 g/mol. The molecule has 3 rings (SSSR count). The van der Waals surface area contributed by atoms with Gasteiger partial charge in [-0.15, -0.1) is 0 Å². The molecular formula is C12H14FN2O2S2+. The molecule has 0 amide bonds. The molecule has 1 unspecified atom stereocenters. The summed E-state index contributed by atoms with van der Waals surface area (Å²) in [6, 6.07) is 6.12. The Bertz CT molecular complexity index is 563. The molecule has 2 heterocycles. The van der Waals surface area contributed by atoms with Gasteiger partial charge in [0.05, 0.1) is 0 Å². The number of benzene rings is 1. The molecule has 19 heavy (non-hydrogen) atoms. The average Bonchev–Trinajstić information content (AvgIpc) is 2.75. The van der Waals surface area contributed by atoms with E-state index in [0.717, 1.165) is 5.56 Å². The van der Waals surface area contributed by atoms with E-state index in [2.05, 4.69) is 5.32 Å². The highest BCUT2D eigenvalue weighted by Crippen LogP contribution is 2.28. The van der Waals surface area contributed by atoms with Crippen LogP contribution in [0.5, 0.6) is 0 Å². The van der Waals surface area contributed by atoms with E-state index in [0.29, 0.717) is 11.7 Å². The van der Waals surface area contributed by atoms with Gasteiger partial charge in [-0.05, 0) is 29.9 Å². The van der Waals surface area contributed by atoms with E-state index < -0.39 is 10.2 Å². The second-order valence-corrected chi connectivity index (χ2v) is 7.58. The van der Waals surface area contributed by atoms with Crippen molar-refractivity contribution < 1.29 is 13.2 Å². The highest BCUT2D eigenvalue weighted by molar-refractivity contribution is 7.98. The van der Waals surface area contributed by atoms with Crippen molar-refractivity contribution in [3.8, 4) is 0 Å². The summed E-state index contributed by atoms with van der Waals surface area (Å²) in [6.07, 6.45) is 0. The van der Waals surface area contributed by atoms with Crippen LogP contribution in [-0.4, -0.2) is 38.2 Å². The van der Waals surface area contributed by atoms with E-state index in [-0.39, 0.29) is 29.4 Å². The molecule has 2 aliphatic heterocycles. The molecule has 0 bridgehead atoms. The number of halogens is 1. The van der Waals surface area contributed by atoms with Gasteiger partial charge in [-0.3, -0.25) is 0 Å². The van der Waals surface area contributed by atoms with Gasteiger partial charge in [0.15, 0.2) is 16.6 Å². The second kappa shape index (κ2) is 4.50. The van der Waals surface area contributed by atoms with E-state index in [4.69, 9.17) is 12.2 Å². The van der Waals surface area contributed by atoms with Crippen molar-refractivity contribution in [3.05, 3.63) is 35.6 Å². The zero-order chi connectivity index (χ0) is 13.6. The molecule has 0 radical (unpaired) electrons. The van der Waals surface area contributed by atoms with Gasteiger partial charge < -0.3 is 10.2 Å². The summed E-state index contributed by atoms with van der Waals surface area (Å²) in [5.41, 5.74) is 0.933. The zero-order valence-electron chi connectivity index (χ0n) is 10.1. The molecule has 4 nitrogen and oxygen atoms in total. The van der Waals surface area contributed by atoms with Gasteiger partial charge in [0.2, 0.25) is 10.2 Å². The van der Waals surface area contributed by atoms with Crippen molar-refractivity contribution in [2.75, 3.05) is 11.5 Å². The number of hydrogen-bond acceptors (Lipinski definition) is 2. The normalized spacial score (nSPS) is 33.4. The van der Waals surface area contributed by atoms with Crippen LogP contribution in [0.2, 0.25) is 0 Å². The minimum absolute atomic E-state index is 0.0462. The third-order valence-electron chi connectivity index (χ3n) is 3.57. The van der Waals surface area contributed by atoms with E-state index in [9.17, 15) is 13.2 Å². The molecule has 0 saturated carbocycles. The van der Waals surface area contributed by atoms with Crippen molar-refractivity contribution in [1.29, 1.82) is 0 Å². The third-order valence-corrected chi connectivity index (χ3v) is 5.67. The van der Waals surface area contributed by atoms with Gasteiger partial charge in [0.1, 0.15) is 17.9 Å². The van der Waals surface area contributed by atoms with Gasteiger partial charge in [-0.1, -0.05) is 16.3 Å². The van der Waals surface area contributed by atoms with Crippen molar-refractivity contribution in [2.45, 2.75) is 18.6 Å². The van der Waals surface area contributed by atoms with Crippen LogP contribution < -0.4 is 5.32 Å². The summed E-state index contributed by atoms with van der Waals surface area (Å²) >= 11 is 5.26. The molecule has 2 aliphatic rings. The molecule has 102 valence electrons. The molecule has 2 saturated heterocycles. The first-order valence-electron chi connectivity index (χ1n) is 5.98. The largest absolute Gasteiger partial charge is 0.353 e. The van der Waals surface area contributed by atoms with Crippen LogP contribution >= 0.6 is 12.2 Å². The van der Waals surface area contributed by atoms with Crippen molar-refractivity contribution in [1.82, 2.24) is 10.2 Å². The van der Waals surface area contributed by atoms with Gasteiger partial charge >= 0.3 is 0 Å². The Kier molecular flexibility index (Phi) is 3.07. The zero-order valence-corrected chi connectivity index (χ0v) is 11.7. The Hall–Kier alpha value is -1.05. The number of rotatable bonds is 2. The lowest BCUT2D eigenvalue weighted by Crippen LogP contribution is -2.36. The standard InChI is InChI=1S/C12H13FN2O2S2/c13-9-3-1-8(2-4-9)5-15-11-7-19(16,17)6-10(11)14-12(15)18/h1-4,10-11H,5-7H2,(H-,14,16,17,18)/p+1/t10-,11+/m1/s1. The summed E-state index contributed by atoms with van der Waals surface area (Å²) < 4.78 is 34.3. The number of fused-ring (bicyclic) bond motifs is 1. The summed E-state index contributed by atoms with van der Waals surface area (Å²) in [7, 11) is -2.73. The first-order chi connectivity index (χ1) is 8.94. The van der Waals surface area contributed by atoms with Gasteiger partial charge in [-0.2, -0.15) is 4.55 Å². The lowest BCUT2D eigenvalue weighted by Gasteiger charge is -2.22. The van der Waals surface area contributed by atoms with Crippen LogP contribution in [0.25, 0.3) is 0 Å². The minimum Gasteiger partial charge on any atom is -0.353 e. The maximum absolute atomic E-state index is 12.9. The molecule has 2 N–H and O–H groups in total. The predicted octanol–water partition coefficient (Wildman–Crippen LogP) is 1.24. The maximum atomic E-state index is 12.9. The number of nitrogens with zero attached hydrogens (tertiary/aromatic N) is 1. The predicted molar refractivity (Wildman–Crippen MR) is 75.7 cm³/mol. The monoisotopic (exact) mass is 301 g/mol. The fraction of sp³-hybridized carbons (Fsp3) is 0.417. The Balaban J connectivity index is 1.78. The highest BCUT2D eigenvalue weighted by Gasteiger charge is 2.53. The van der Waals surface area contributed by atoms with Crippen molar-refractivity contribution in [3.63, 3.8) is 0 Å². The van der Waals surface area contributed by atoms with E-state index >= 15 is 0 Å². The second-order valence-electron chi connectivity index (χ2n) is 4.98. The molecule has 7 heteroatoms. The fourth-order valence-corrected chi connectivity index (χ4v) is 4.96. The SMILES string of the molecule is O=[S+]1(O)C[C@H]2NC(=S)N(Cc3ccc(F)cc3)[C@H]2C1. The molecular weight excluding hydrogens is 287 g/mol. The Morgan fingerprint density at radius 1 is 1.42 bits per heavy atom. The topological polar surface area (TPSA) is 52.6 Å². The highest BCUT2D eigenvalue weighted by atomic mass is 32.3. The van der Waals surface area contributed by atoms with Crippen LogP contribution in [0.1, 0.15) is 5.56 Å². The minimum atomic E-state index is -2.73. The molecule has 1 aromatic rings. The fourth-order valence-electron chi connectivity index (χ4n) is 2.66. The van der Waals surface area contributed by atoms with Crippen LogP contribution in [0.4, 0.5) is 4.39 Å². The Morgan fingerprint density at radius 2 is 2.11 bits per heavy atom. The number of thiocarbonyl (C=S) groups is 1. The summed E-state index contributed by atoms with van der Waals surface area (Å²) in [4.78, 5) is 1.93. The van der Waals surface area contributed by atoms with Gasteiger partial charge in [-0.25, -0.2) is 4.39 Å². The van der Waals surface area contributed by atoms with E-state index in [1.165, 1.54) is 12.1 Å². The first-order valence-corrected chi connectivity index (χ1v) is 8.24. The van der Waals surface area contributed by atoms with Gasteiger partial charge in [0.25, 0.3) is 0 Å². The number of hydrogen-bond donors (Lipinski definition) is 2. The Labute approximate surface area is 117 Å². The van der Waals surface area contributed by atoms with Crippen molar-refractivity contribution in [2.24, 2.45) is 0 Å². The molecule has 0 spiro atoms. The summed E-state index contributed by atoms with van der Waals surface area (Å²) in [5, 5.41) is 3.70. The van der Waals surface area contributed by atoms with Crippen LogP contribution in [0, 0.1) is 5.82 Å². The lowest BCUT2D eigenvalue weighted by molar-refractivity contribution is 0.348. The molecule has 3 atom stereocenters. The van der Waals surface area contributed by atoms with Crippen molar-refractivity contribution >= 4 is 27.5 Å². The van der Waals surface area contributed by atoms with Crippen LogP contribution in [0.3, 0.4) is 0 Å². The quantitative estimate of drug-likeness (QED) is 0.636. The smallest absolute Gasteiger partial charge is 0.218 e. The van der Waals surface area contributed by atoms with Gasteiger partial charge in [0, 0.05) is 6.54 Å².